The van der Waals surface area contributed by atoms with Gasteiger partial charge in [0.25, 0.3) is 0 Å². The normalized spacial score (nSPS) is 9.60. The van der Waals surface area contributed by atoms with Crippen molar-refractivity contribution in [1.82, 2.24) is 0 Å². The zero-order valence-electron chi connectivity index (χ0n) is 11.1. The fourth-order valence-electron chi connectivity index (χ4n) is 1.32. The molecule has 0 aromatic carbocycles. The Morgan fingerprint density at radius 3 is 1.70 bits per heavy atom. The van der Waals surface area contributed by atoms with Crippen LogP contribution >= 0.6 is 0 Å². The Labute approximate surface area is 130 Å². The van der Waals surface area contributed by atoms with Gasteiger partial charge in [0, 0.05) is 20.8 Å². The number of hydrogen-bond donors (Lipinski definition) is 0. The summed E-state index contributed by atoms with van der Waals surface area (Å²) in [5.74, 6) is 0. The van der Waals surface area contributed by atoms with Crippen molar-refractivity contribution in [2.75, 3.05) is 47.3 Å². The molecule has 0 unspecified atom stereocenters. The van der Waals surface area contributed by atoms with Crippen LogP contribution in [0.25, 0.3) is 0 Å². The number of ether oxygens (including phenoxy) is 3. The van der Waals surface area contributed by atoms with E-state index in [1.165, 1.54) is 0 Å². The molecule has 0 aromatic heterocycles. The lowest BCUT2D eigenvalue weighted by Gasteiger charge is -2.22. The molecule has 5 heteroatoms. The highest BCUT2D eigenvalue weighted by Crippen LogP contribution is 2.13. The topological polar surface area (TPSA) is 36.9 Å². The van der Waals surface area contributed by atoms with Crippen LogP contribution in [0.1, 0.15) is 36.1 Å². The molecule has 0 heterocycles. The molecule has 0 atom stereocenters. The molecule has 0 spiro atoms. The quantitative estimate of drug-likeness (QED) is 0.417. The van der Waals surface area contributed by atoms with Crippen molar-refractivity contribution < 1.29 is 18.6 Å². The van der Waals surface area contributed by atoms with E-state index in [1.54, 1.807) is 14.2 Å². The average molecular weight is 315 g/mol. The zero-order valence-corrected chi connectivity index (χ0v) is 12.1. The molecule has 0 saturated heterocycles. The van der Waals surface area contributed by atoms with E-state index in [9.17, 15) is 0 Å². The van der Waals surface area contributed by atoms with Crippen LogP contribution in [-0.2, 0) is 18.6 Å². The molecule has 0 N–H and O–H groups in total. The molecule has 20 heavy (non-hydrogen) atoms. The molecular formula is C15H42O4Si. The minimum atomic E-state index is -1.50. The van der Waals surface area contributed by atoms with Crippen molar-refractivity contribution in [2.45, 2.75) is 55.3 Å². The Bertz CT molecular complexity index is 155. The Kier molecular flexibility index (Phi) is 34.3. The minimum absolute atomic E-state index is 0. The summed E-state index contributed by atoms with van der Waals surface area (Å²) in [6.07, 6.45) is 1.07. The molecule has 0 amide bonds. The van der Waals surface area contributed by atoms with Crippen molar-refractivity contribution in [3.63, 3.8) is 0 Å². The number of rotatable bonds is 11. The van der Waals surface area contributed by atoms with Crippen LogP contribution < -0.4 is 0 Å². The maximum atomic E-state index is 5.83. The van der Waals surface area contributed by atoms with Crippen molar-refractivity contribution in [2.24, 2.45) is 0 Å². The maximum absolute atomic E-state index is 5.83. The highest BCUT2D eigenvalue weighted by Gasteiger charge is 2.21. The molecule has 130 valence electrons. The summed E-state index contributed by atoms with van der Waals surface area (Å²) >= 11 is 0. The fourth-order valence-corrected chi connectivity index (χ4v) is 3.09. The van der Waals surface area contributed by atoms with Crippen LogP contribution in [0.4, 0.5) is 0 Å². The Morgan fingerprint density at radius 2 is 1.20 bits per heavy atom. The van der Waals surface area contributed by atoms with Crippen LogP contribution in [-0.4, -0.2) is 55.6 Å². The molecule has 0 radical (unpaired) electrons. The minimum Gasteiger partial charge on any atom is -0.415 e. The summed E-state index contributed by atoms with van der Waals surface area (Å²) in [6.45, 7) is 8.01. The average Bonchev–Trinajstić information content (AvgIpc) is 2.23. The molecule has 4 nitrogen and oxygen atoms in total. The second kappa shape index (κ2) is 21.4. The first-order valence-electron chi connectivity index (χ1n) is 5.82. The van der Waals surface area contributed by atoms with E-state index in [-0.39, 0.29) is 29.7 Å². The first kappa shape index (κ1) is 32.1. The molecular weight excluding hydrogens is 272 g/mol. The third kappa shape index (κ3) is 23.2. The summed E-state index contributed by atoms with van der Waals surface area (Å²) in [5, 5.41) is 0. The molecule has 0 bridgehead atoms. The lowest BCUT2D eigenvalue weighted by molar-refractivity contribution is 0.0703. The summed E-state index contributed by atoms with van der Waals surface area (Å²) in [4.78, 5) is 0. The van der Waals surface area contributed by atoms with Gasteiger partial charge in [-0.3, -0.25) is 0 Å². The van der Waals surface area contributed by atoms with Crippen molar-refractivity contribution >= 4 is 8.32 Å². The van der Waals surface area contributed by atoms with Gasteiger partial charge >= 0.3 is 0 Å². The summed E-state index contributed by atoms with van der Waals surface area (Å²) < 4.78 is 21.1. The Balaban J connectivity index is -0.000000187. The molecule has 0 saturated carbocycles. The summed E-state index contributed by atoms with van der Waals surface area (Å²) in [7, 11) is 1.88. The van der Waals surface area contributed by atoms with Gasteiger partial charge in [0.15, 0.2) is 8.32 Å². The summed E-state index contributed by atoms with van der Waals surface area (Å²) in [6, 6.07) is 1.13. The molecule has 0 fully saturated rings. The predicted molar refractivity (Wildman–Crippen MR) is 94.4 cm³/mol. The first-order chi connectivity index (χ1) is 7.62. The smallest absolute Gasteiger partial charge is 0.186 e. The SMILES string of the molecule is C.C.C.C.COCCOCCC[Si](C)(C)OCCOC. The molecule has 0 aliphatic heterocycles. The van der Waals surface area contributed by atoms with Crippen LogP contribution in [0.5, 0.6) is 0 Å². The third-order valence-electron chi connectivity index (χ3n) is 2.28. The van der Waals surface area contributed by atoms with Gasteiger partial charge in [0.1, 0.15) is 0 Å². The molecule has 0 aliphatic rings. The van der Waals surface area contributed by atoms with E-state index in [0.29, 0.717) is 26.4 Å². The molecule has 0 rings (SSSR count). The Hall–Kier alpha value is 0.0569. The van der Waals surface area contributed by atoms with E-state index < -0.39 is 8.32 Å². The van der Waals surface area contributed by atoms with E-state index in [4.69, 9.17) is 18.6 Å². The highest BCUT2D eigenvalue weighted by molar-refractivity contribution is 6.71. The second-order valence-corrected chi connectivity index (χ2v) is 8.62. The van der Waals surface area contributed by atoms with Crippen LogP contribution in [0.3, 0.4) is 0 Å². The lowest BCUT2D eigenvalue weighted by atomic mass is 10.5. The predicted octanol–water partition coefficient (Wildman–Crippen LogP) is 4.45. The van der Waals surface area contributed by atoms with Crippen LogP contribution in [0.15, 0.2) is 0 Å². The van der Waals surface area contributed by atoms with Gasteiger partial charge < -0.3 is 18.6 Å². The van der Waals surface area contributed by atoms with Crippen molar-refractivity contribution in [3.8, 4) is 0 Å². The standard InChI is InChI=1S/C11H26O4Si.4CH4/c1-12-7-9-14-6-5-11-16(3,4)15-10-8-13-2;;;;/h5-11H2,1-4H3;4*1H4. The third-order valence-corrected chi connectivity index (χ3v) is 4.82. The fraction of sp³-hybridized carbons (Fsp3) is 1.00. The van der Waals surface area contributed by atoms with E-state index in [2.05, 4.69) is 13.1 Å². The monoisotopic (exact) mass is 314 g/mol. The largest absolute Gasteiger partial charge is 0.415 e. The van der Waals surface area contributed by atoms with Gasteiger partial charge in [-0.2, -0.15) is 0 Å². The maximum Gasteiger partial charge on any atom is 0.186 e. The van der Waals surface area contributed by atoms with Crippen molar-refractivity contribution in [1.29, 1.82) is 0 Å². The van der Waals surface area contributed by atoms with Gasteiger partial charge in [0.2, 0.25) is 0 Å². The summed E-state index contributed by atoms with van der Waals surface area (Å²) in [5.41, 5.74) is 0. The van der Waals surface area contributed by atoms with Gasteiger partial charge in [-0.15, -0.1) is 0 Å². The van der Waals surface area contributed by atoms with E-state index in [1.807, 2.05) is 0 Å². The highest BCUT2D eigenvalue weighted by atomic mass is 28.4. The Morgan fingerprint density at radius 1 is 0.700 bits per heavy atom. The lowest BCUT2D eigenvalue weighted by Crippen LogP contribution is -2.32. The van der Waals surface area contributed by atoms with Crippen LogP contribution in [0.2, 0.25) is 19.1 Å². The van der Waals surface area contributed by atoms with E-state index in [0.717, 1.165) is 19.1 Å². The molecule has 0 aromatic rings. The zero-order chi connectivity index (χ0) is 12.3. The van der Waals surface area contributed by atoms with Gasteiger partial charge in [-0.1, -0.05) is 29.7 Å². The number of methoxy groups -OCH3 is 2. The van der Waals surface area contributed by atoms with Gasteiger partial charge in [-0.05, 0) is 25.6 Å². The second-order valence-electron chi connectivity index (χ2n) is 4.31. The first-order valence-corrected chi connectivity index (χ1v) is 8.93. The van der Waals surface area contributed by atoms with Crippen molar-refractivity contribution in [3.05, 3.63) is 0 Å². The van der Waals surface area contributed by atoms with Crippen LogP contribution in [0, 0.1) is 0 Å². The number of hydrogen-bond acceptors (Lipinski definition) is 4. The van der Waals surface area contributed by atoms with Gasteiger partial charge in [-0.25, -0.2) is 0 Å². The molecule has 0 aliphatic carbocycles. The van der Waals surface area contributed by atoms with E-state index >= 15 is 0 Å². The van der Waals surface area contributed by atoms with Gasteiger partial charge in [0.05, 0.1) is 26.4 Å².